The van der Waals surface area contributed by atoms with E-state index in [0.29, 0.717) is 23.4 Å². The van der Waals surface area contributed by atoms with E-state index in [1.165, 1.54) is 12.3 Å². The lowest BCUT2D eigenvalue weighted by molar-refractivity contribution is -0.139. The van der Waals surface area contributed by atoms with E-state index >= 15 is 0 Å². The minimum absolute atomic E-state index is 0.0388. The first-order valence-electron chi connectivity index (χ1n) is 9.09. The van der Waals surface area contributed by atoms with Gasteiger partial charge in [0.25, 0.3) is 0 Å². The van der Waals surface area contributed by atoms with Crippen molar-refractivity contribution in [3.05, 3.63) is 77.6 Å². The van der Waals surface area contributed by atoms with Crippen molar-refractivity contribution in [3.63, 3.8) is 0 Å². The molecule has 3 rings (SSSR count). The molecule has 0 heterocycles. The van der Waals surface area contributed by atoms with Crippen LogP contribution in [0, 0.1) is 5.82 Å². The monoisotopic (exact) mass is 393 g/mol. The highest BCUT2D eigenvalue weighted by atomic mass is 19.1. The average molecular weight is 393 g/mol. The van der Waals surface area contributed by atoms with E-state index in [1.807, 2.05) is 30.3 Å². The van der Waals surface area contributed by atoms with Crippen molar-refractivity contribution in [1.82, 2.24) is 10.7 Å². The van der Waals surface area contributed by atoms with Crippen LogP contribution in [-0.4, -0.2) is 24.6 Å². The van der Waals surface area contributed by atoms with Crippen molar-refractivity contribution in [2.75, 3.05) is 6.54 Å². The van der Waals surface area contributed by atoms with Gasteiger partial charge in [-0.05, 0) is 29.8 Å². The van der Waals surface area contributed by atoms with Crippen LogP contribution in [0.3, 0.4) is 0 Å². The third-order valence-electron chi connectivity index (χ3n) is 4.18. The number of rotatable bonds is 6. The standard InChI is InChI=1S/C22H20FN3O3/c1-2-24-21(27)22(28)26-25-13-18-17-9-5-3-7-15(17)11-12-20(18)29-14-16-8-4-6-10-19(16)23/h3-13H,2,14H2,1H3,(H,24,27)(H,26,28)/b25-13-. The van der Waals surface area contributed by atoms with Gasteiger partial charge >= 0.3 is 11.8 Å². The fourth-order valence-corrected chi connectivity index (χ4v) is 2.75. The van der Waals surface area contributed by atoms with Crippen LogP contribution in [0.1, 0.15) is 18.1 Å². The Kier molecular flexibility index (Phi) is 6.52. The third kappa shape index (κ3) is 4.95. The Bertz CT molecular complexity index is 1070. The molecule has 0 unspecified atom stereocenters. The molecule has 0 aliphatic carbocycles. The Balaban J connectivity index is 1.86. The second-order valence-corrected chi connectivity index (χ2v) is 6.14. The summed E-state index contributed by atoms with van der Waals surface area (Å²) in [7, 11) is 0. The molecular formula is C22H20FN3O3. The van der Waals surface area contributed by atoms with Gasteiger partial charge in [-0.25, -0.2) is 9.82 Å². The number of fused-ring (bicyclic) bond motifs is 1. The molecule has 0 atom stereocenters. The fraction of sp³-hybridized carbons (Fsp3) is 0.136. The van der Waals surface area contributed by atoms with Gasteiger partial charge in [0.1, 0.15) is 18.2 Å². The minimum atomic E-state index is -0.864. The summed E-state index contributed by atoms with van der Waals surface area (Å²) in [6.07, 6.45) is 1.41. The van der Waals surface area contributed by atoms with Crippen LogP contribution in [-0.2, 0) is 16.2 Å². The van der Waals surface area contributed by atoms with Crippen molar-refractivity contribution >= 4 is 28.8 Å². The smallest absolute Gasteiger partial charge is 0.329 e. The predicted molar refractivity (Wildman–Crippen MR) is 109 cm³/mol. The maximum atomic E-state index is 13.9. The number of likely N-dealkylation sites (N-methyl/N-ethyl adjacent to an activating group) is 1. The highest BCUT2D eigenvalue weighted by Crippen LogP contribution is 2.27. The van der Waals surface area contributed by atoms with E-state index in [9.17, 15) is 14.0 Å². The summed E-state index contributed by atoms with van der Waals surface area (Å²) in [5.74, 6) is -1.50. The average Bonchev–Trinajstić information content (AvgIpc) is 2.74. The van der Waals surface area contributed by atoms with Crippen LogP contribution in [0.25, 0.3) is 10.8 Å². The lowest BCUT2D eigenvalue weighted by atomic mass is 10.0. The highest BCUT2D eigenvalue weighted by Gasteiger charge is 2.12. The van der Waals surface area contributed by atoms with Crippen LogP contribution in [0.2, 0.25) is 0 Å². The number of halogens is 1. The number of ether oxygens (including phenoxy) is 1. The molecule has 0 fully saturated rings. The molecule has 7 heteroatoms. The quantitative estimate of drug-likeness (QED) is 0.384. The maximum Gasteiger partial charge on any atom is 0.329 e. The first kappa shape index (κ1) is 20.0. The van der Waals surface area contributed by atoms with Crippen LogP contribution in [0.5, 0.6) is 5.75 Å². The molecule has 2 amide bonds. The lowest BCUT2D eigenvalue weighted by Gasteiger charge is -2.12. The van der Waals surface area contributed by atoms with E-state index in [4.69, 9.17) is 4.74 Å². The van der Waals surface area contributed by atoms with Crippen LogP contribution >= 0.6 is 0 Å². The Hall–Kier alpha value is -3.74. The summed E-state index contributed by atoms with van der Waals surface area (Å²) in [6, 6.07) is 17.6. The molecule has 0 saturated carbocycles. The molecule has 29 heavy (non-hydrogen) atoms. The summed E-state index contributed by atoms with van der Waals surface area (Å²) >= 11 is 0. The van der Waals surface area contributed by atoms with Gasteiger partial charge in [0.2, 0.25) is 0 Å². The second-order valence-electron chi connectivity index (χ2n) is 6.14. The van der Waals surface area contributed by atoms with E-state index in [1.54, 1.807) is 31.2 Å². The minimum Gasteiger partial charge on any atom is -0.488 e. The molecule has 0 spiro atoms. The lowest BCUT2D eigenvalue weighted by Crippen LogP contribution is -2.37. The largest absolute Gasteiger partial charge is 0.488 e. The van der Waals surface area contributed by atoms with Gasteiger partial charge in [-0.1, -0.05) is 48.5 Å². The maximum absolute atomic E-state index is 13.9. The first-order chi connectivity index (χ1) is 14.1. The van der Waals surface area contributed by atoms with Gasteiger partial charge in [0.15, 0.2) is 0 Å². The normalized spacial score (nSPS) is 10.8. The topological polar surface area (TPSA) is 79.8 Å². The Labute approximate surface area is 167 Å². The summed E-state index contributed by atoms with van der Waals surface area (Å²) in [6.45, 7) is 2.09. The van der Waals surface area contributed by atoms with E-state index < -0.39 is 11.8 Å². The molecule has 0 aliphatic heterocycles. The summed E-state index contributed by atoms with van der Waals surface area (Å²) in [4.78, 5) is 23.2. The number of benzene rings is 3. The number of nitrogens with zero attached hydrogens (tertiary/aromatic N) is 1. The number of hydrazone groups is 1. The van der Waals surface area contributed by atoms with Crippen molar-refractivity contribution in [2.24, 2.45) is 5.10 Å². The first-order valence-corrected chi connectivity index (χ1v) is 9.09. The molecule has 0 saturated heterocycles. The van der Waals surface area contributed by atoms with E-state index in [0.717, 1.165) is 10.8 Å². The number of hydrogen-bond acceptors (Lipinski definition) is 4. The summed E-state index contributed by atoms with van der Waals surface area (Å²) in [5.41, 5.74) is 3.22. The van der Waals surface area contributed by atoms with Gasteiger partial charge in [-0.2, -0.15) is 5.10 Å². The van der Waals surface area contributed by atoms with Gasteiger partial charge in [-0.15, -0.1) is 0 Å². The summed E-state index contributed by atoms with van der Waals surface area (Å²) < 4.78 is 19.7. The number of nitrogens with one attached hydrogen (secondary N) is 2. The van der Waals surface area contributed by atoms with Crippen LogP contribution < -0.4 is 15.5 Å². The van der Waals surface area contributed by atoms with Gasteiger partial charge in [0, 0.05) is 17.7 Å². The fourth-order valence-electron chi connectivity index (χ4n) is 2.75. The van der Waals surface area contributed by atoms with Crippen LogP contribution in [0.4, 0.5) is 4.39 Å². The molecule has 3 aromatic carbocycles. The highest BCUT2D eigenvalue weighted by molar-refractivity contribution is 6.35. The van der Waals surface area contributed by atoms with Crippen LogP contribution in [0.15, 0.2) is 65.8 Å². The zero-order chi connectivity index (χ0) is 20.6. The number of hydrogen-bond donors (Lipinski definition) is 2. The SMILES string of the molecule is CCNC(=O)C(=O)N/N=C\c1c(OCc2ccccc2F)ccc2ccccc12. The van der Waals surface area contributed by atoms with E-state index in [-0.39, 0.29) is 12.4 Å². The van der Waals surface area contributed by atoms with Gasteiger partial charge < -0.3 is 10.1 Å². The molecule has 0 radical (unpaired) electrons. The molecule has 0 aromatic heterocycles. The number of carbonyl (C=O) groups excluding carboxylic acids is 2. The Morgan fingerprint density at radius 2 is 1.79 bits per heavy atom. The Morgan fingerprint density at radius 1 is 1.03 bits per heavy atom. The molecule has 6 nitrogen and oxygen atoms in total. The predicted octanol–water partition coefficient (Wildman–Crippen LogP) is 3.14. The van der Waals surface area contributed by atoms with E-state index in [2.05, 4.69) is 15.8 Å². The van der Waals surface area contributed by atoms with Crippen molar-refractivity contribution in [1.29, 1.82) is 0 Å². The second kappa shape index (κ2) is 9.45. The third-order valence-corrected chi connectivity index (χ3v) is 4.18. The van der Waals surface area contributed by atoms with Crippen molar-refractivity contribution in [2.45, 2.75) is 13.5 Å². The molecule has 3 aromatic rings. The molecule has 0 bridgehead atoms. The zero-order valence-corrected chi connectivity index (χ0v) is 15.8. The number of amides is 2. The van der Waals surface area contributed by atoms with Gasteiger partial charge in [-0.3, -0.25) is 9.59 Å². The molecule has 2 N–H and O–H groups in total. The summed E-state index contributed by atoms with van der Waals surface area (Å²) in [5, 5.41) is 8.07. The zero-order valence-electron chi connectivity index (χ0n) is 15.8. The Morgan fingerprint density at radius 3 is 2.59 bits per heavy atom. The molecular weight excluding hydrogens is 373 g/mol. The van der Waals surface area contributed by atoms with Crippen molar-refractivity contribution < 1.29 is 18.7 Å². The molecule has 148 valence electrons. The molecule has 0 aliphatic rings. The number of carbonyl (C=O) groups is 2. The van der Waals surface area contributed by atoms with Gasteiger partial charge in [0.05, 0.1) is 6.21 Å². The van der Waals surface area contributed by atoms with Crippen molar-refractivity contribution in [3.8, 4) is 5.75 Å².